The van der Waals surface area contributed by atoms with Crippen LogP contribution < -0.4 is 10.6 Å². The van der Waals surface area contributed by atoms with Crippen molar-refractivity contribution in [1.82, 2.24) is 25.2 Å². The van der Waals surface area contributed by atoms with E-state index in [4.69, 9.17) is 14.2 Å². The zero-order chi connectivity index (χ0) is 30.3. The fraction of sp³-hybridized carbons (Fsp3) is 0.536. The lowest BCUT2D eigenvalue weighted by Gasteiger charge is -2.27. The topological polar surface area (TPSA) is 171 Å². The number of carbonyl (C=O) groups is 5. The van der Waals surface area contributed by atoms with Crippen LogP contribution >= 0.6 is 0 Å². The molecule has 1 saturated heterocycles. The van der Waals surface area contributed by atoms with E-state index in [9.17, 15) is 24.0 Å². The second-order valence-corrected chi connectivity index (χ2v) is 10.9. The fourth-order valence-electron chi connectivity index (χ4n) is 4.61. The number of piperidine rings is 1. The molecule has 2 aromatic rings. The molecule has 1 aromatic heterocycles. The number of esters is 1. The zero-order valence-electron chi connectivity index (χ0n) is 24.0. The number of nitrogens with zero attached hydrogens (tertiary/aromatic N) is 4. The Hall–Kier alpha value is -4.17. The van der Waals surface area contributed by atoms with Gasteiger partial charge >= 0.3 is 5.97 Å². The van der Waals surface area contributed by atoms with Crippen LogP contribution in [0.2, 0.25) is 0 Å². The van der Waals surface area contributed by atoms with Gasteiger partial charge in [0.1, 0.15) is 17.3 Å². The number of fused-ring (bicyclic) bond motifs is 1. The van der Waals surface area contributed by atoms with Crippen molar-refractivity contribution in [2.45, 2.75) is 71.2 Å². The Balaban J connectivity index is 1.13. The first-order valence-electron chi connectivity index (χ1n) is 13.9. The highest BCUT2D eigenvalue weighted by Crippen LogP contribution is 2.32. The van der Waals surface area contributed by atoms with E-state index in [1.54, 1.807) is 29.1 Å². The minimum Gasteiger partial charge on any atom is -0.460 e. The zero-order valence-corrected chi connectivity index (χ0v) is 24.0. The lowest BCUT2D eigenvalue weighted by molar-refractivity contribution is -0.155. The highest BCUT2D eigenvalue weighted by molar-refractivity contribution is 6.25. The van der Waals surface area contributed by atoms with Crippen LogP contribution in [0.4, 0.5) is 5.69 Å². The molecule has 3 heterocycles. The third kappa shape index (κ3) is 7.97. The maximum atomic E-state index is 13.1. The van der Waals surface area contributed by atoms with Crippen LogP contribution in [0.15, 0.2) is 24.4 Å². The van der Waals surface area contributed by atoms with Gasteiger partial charge < -0.3 is 19.5 Å². The van der Waals surface area contributed by atoms with Crippen molar-refractivity contribution in [3.05, 3.63) is 41.2 Å². The van der Waals surface area contributed by atoms with Gasteiger partial charge in [0.15, 0.2) is 0 Å². The minimum atomic E-state index is -1.01. The van der Waals surface area contributed by atoms with E-state index in [2.05, 4.69) is 20.9 Å². The van der Waals surface area contributed by atoms with Crippen LogP contribution in [-0.4, -0.2) is 87.5 Å². The Labute approximate surface area is 243 Å². The van der Waals surface area contributed by atoms with E-state index >= 15 is 0 Å². The average Bonchev–Trinajstić information content (AvgIpc) is 3.47. The summed E-state index contributed by atoms with van der Waals surface area (Å²) in [6.45, 7) is 7.67. The highest BCUT2D eigenvalue weighted by Gasteiger charge is 2.45. The predicted molar refractivity (Wildman–Crippen MR) is 147 cm³/mol. The number of ether oxygens (including phenoxy) is 3. The van der Waals surface area contributed by atoms with Crippen LogP contribution in [0.5, 0.6) is 0 Å². The van der Waals surface area contributed by atoms with Crippen molar-refractivity contribution in [3.63, 3.8) is 0 Å². The largest absolute Gasteiger partial charge is 0.460 e. The molecule has 14 heteroatoms. The van der Waals surface area contributed by atoms with Crippen LogP contribution in [-0.2, 0) is 41.7 Å². The molecule has 2 aliphatic heterocycles. The Morgan fingerprint density at radius 3 is 2.64 bits per heavy atom. The van der Waals surface area contributed by atoms with Crippen molar-refractivity contribution < 1.29 is 38.2 Å². The molecule has 2 N–H and O–H groups in total. The molecule has 1 fully saturated rings. The summed E-state index contributed by atoms with van der Waals surface area (Å²) >= 11 is 0. The number of hydrogen-bond acceptors (Lipinski definition) is 11. The maximum Gasteiger partial charge on any atom is 0.306 e. The number of aryl methyl sites for hydroxylation is 1. The third-order valence-electron chi connectivity index (χ3n) is 6.43. The van der Waals surface area contributed by atoms with Gasteiger partial charge in [-0.3, -0.25) is 38.9 Å². The maximum absolute atomic E-state index is 13.1. The predicted octanol–water partition coefficient (Wildman–Crippen LogP) is 1.45. The van der Waals surface area contributed by atoms with Crippen LogP contribution in [0.1, 0.15) is 72.9 Å². The van der Waals surface area contributed by atoms with Crippen LogP contribution in [0.25, 0.3) is 0 Å². The SMILES string of the molecule is CC(C)(C)OC(=O)CCCn1cc(COCCOCCNc2cccc3c2C(=O)N(C2CCC(=O)NC2=O)C3=O)nn1. The lowest BCUT2D eigenvalue weighted by atomic mass is 10.0. The van der Waals surface area contributed by atoms with Gasteiger partial charge in [-0.15, -0.1) is 5.10 Å². The third-order valence-corrected chi connectivity index (χ3v) is 6.43. The van der Waals surface area contributed by atoms with E-state index < -0.39 is 35.3 Å². The van der Waals surface area contributed by atoms with Crippen molar-refractivity contribution in [2.24, 2.45) is 0 Å². The molecular weight excluding hydrogens is 548 g/mol. The fourth-order valence-corrected chi connectivity index (χ4v) is 4.61. The number of nitrogens with one attached hydrogen (secondary N) is 2. The van der Waals surface area contributed by atoms with Crippen LogP contribution in [0, 0.1) is 0 Å². The summed E-state index contributed by atoms with van der Waals surface area (Å²) in [5, 5.41) is 13.4. The molecule has 4 amide bonds. The molecule has 0 aliphatic carbocycles. The van der Waals surface area contributed by atoms with E-state index in [0.717, 1.165) is 4.90 Å². The van der Waals surface area contributed by atoms with E-state index in [1.807, 2.05) is 20.8 Å². The van der Waals surface area contributed by atoms with Gasteiger partial charge in [-0.25, -0.2) is 0 Å². The van der Waals surface area contributed by atoms with Gasteiger partial charge in [-0.05, 0) is 45.7 Å². The smallest absolute Gasteiger partial charge is 0.306 e. The van der Waals surface area contributed by atoms with Gasteiger partial charge in [-0.1, -0.05) is 11.3 Å². The first-order chi connectivity index (χ1) is 20.0. The van der Waals surface area contributed by atoms with Crippen molar-refractivity contribution in [1.29, 1.82) is 0 Å². The Kier molecular flexibility index (Phi) is 10.0. The number of rotatable bonds is 14. The first kappa shape index (κ1) is 30.8. The number of anilines is 1. The van der Waals surface area contributed by atoms with Gasteiger partial charge in [0.25, 0.3) is 11.8 Å². The molecule has 0 bridgehead atoms. The number of aromatic nitrogens is 3. The average molecular weight is 585 g/mol. The summed E-state index contributed by atoms with van der Waals surface area (Å²) in [6.07, 6.45) is 2.83. The molecule has 4 rings (SSSR count). The molecule has 1 atom stereocenters. The summed E-state index contributed by atoms with van der Waals surface area (Å²) < 4.78 is 18.1. The Morgan fingerprint density at radius 1 is 1.10 bits per heavy atom. The van der Waals surface area contributed by atoms with Gasteiger partial charge in [-0.2, -0.15) is 0 Å². The number of hydrogen-bond donors (Lipinski definition) is 2. The number of carbonyl (C=O) groups excluding carboxylic acids is 5. The van der Waals surface area contributed by atoms with Crippen LogP contribution in [0.3, 0.4) is 0 Å². The molecule has 2 aliphatic rings. The standard InChI is InChI=1S/C28H36N6O8/c1-28(2,3)42-23(36)8-5-12-33-16-18(31-32-33)17-41-15-14-40-13-11-29-20-7-4-6-19-24(20)27(39)34(26(19)38)21-9-10-22(35)30-25(21)37/h4,6-7,16,21,29H,5,8-15,17H2,1-3H3,(H,30,35,37). The van der Waals surface area contributed by atoms with Crippen molar-refractivity contribution in [2.75, 3.05) is 31.7 Å². The quantitative estimate of drug-likeness (QED) is 0.187. The van der Waals surface area contributed by atoms with Crippen molar-refractivity contribution in [3.8, 4) is 0 Å². The Bertz CT molecular complexity index is 1330. The molecule has 14 nitrogen and oxygen atoms in total. The summed E-state index contributed by atoms with van der Waals surface area (Å²) in [7, 11) is 0. The van der Waals surface area contributed by atoms with Crippen molar-refractivity contribution >= 4 is 35.3 Å². The van der Waals surface area contributed by atoms with Gasteiger partial charge in [0, 0.05) is 31.6 Å². The molecule has 1 unspecified atom stereocenters. The monoisotopic (exact) mass is 584 g/mol. The summed E-state index contributed by atoms with van der Waals surface area (Å²) in [5.74, 6) is -2.43. The molecule has 0 spiro atoms. The summed E-state index contributed by atoms with van der Waals surface area (Å²) in [6, 6.07) is 3.88. The lowest BCUT2D eigenvalue weighted by Crippen LogP contribution is -2.54. The second-order valence-electron chi connectivity index (χ2n) is 10.9. The van der Waals surface area contributed by atoms with E-state index in [1.165, 1.54) is 0 Å². The molecular formula is C28H36N6O8. The summed E-state index contributed by atoms with van der Waals surface area (Å²) in [4.78, 5) is 62.5. The minimum absolute atomic E-state index is 0.0630. The molecule has 42 heavy (non-hydrogen) atoms. The Morgan fingerprint density at radius 2 is 1.88 bits per heavy atom. The molecule has 226 valence electrons. The number of amides is 4. The number of imide groups is 2. The second kappa shape index (κ2) is 13.7. The molecule has 0 radical (unpaired) electrons. The molecule has 0 saturated carbocycles. The van der Waals surface area contributed by atoms with Gasteiger partial charge in [0.2, 0.25) is 11.8 Å². The normalized spacial score (nSPS) is 16.9. The van der Waals surface area contributed by atoms with E-state index in [-0.39, 0.29) is 36.5 Å². The molecule has 1 aromatic carbocycles. The van der Waals surface area contributed by atoms with E-state index in [0.29, 0.717) is 57.1 Å². The first-order valence-corrected chi connectivity index (χ1v) is 13.9. The highest BCUT2D eigenvalue weighted by atomic mass is 16.6. The van der Waals surface area contributed by atoms with Gasteiger partial charge in [0.05, 0.1) is 43.8 Å². The summed E-state index contributed by atoms with van der Waals surface area (Å²) in [5.41, 5.74) is 1.05. The number of benzene rings is 1.